The maximum atomic E-state index is 13.7. The number of halogens is 2. The lowest BCUT2D eigenvalue weighted by Crippen LogP contribution is -3.08. The molecule has 1 aromatic heterocycles. The number of nitrogens with one attached hydrogen (secondary N) is 2. The van der Waals surface area contributed by atoms with Crippen LogP contribution in [0.5, 0.6) is 0 Å². The second-order valence-corrected chi connectivity index (χ2v) is 6.85. The van der Waals surface area contributed by atoms with E-state index in [-0.39, 0.29) is 6.54 Å². The van der Waals surface area contributed by atoms with Crippen molar-refractivity contribution in [2.45, 2.75) is 20.4 Å². The molecule has 0 aliphatic heterocycles. The highest BCUT2D eigenvalue weighted by atomic mass is 19.1. The topological polar surface area (TPSA) is 51.4 Å². The average molecular weight is 385 g/mol. The normalized spacial score (nSPS) is 12.0. The van der Waals surface area contributed by atoms with E-state index in [9.17, 15) is 13.6 Å². The van der Waals surface area contributed by atoms with Gasteiger partial charge in [0, 0.05) is 0 Å². The largest absolute Gasteiger partial charge is 0.326 e. The summed E-state index contributed by atoms with van der Waals surface area (Å²) in [4.78, 5) is 13.1. The van der Waals surface area contributed by atoms with Crippen molar-refractivity contribution < 1.29 is 18.5 Å². The molecule has 3 rings (SSSR count). The zero-order chi connectivity index (χ0) is 20.3. The number of likely N-dealkylation sites (N-methyl/N-ethyl adjacent to an activating group) is 1. The van der Waals surface area contributed by atoms with Crippen LogP contribution in [0.15, 0.2) is 48.5 Å². The van der Waals surface area contributed by atoms with Crippen molar-refractivity contribution in [3.05, 3.63) is 77.1 Å². The third kappa shape index (κ3) is 4.26. The molecule has 0 bridgehead atoms. The van der Waals surface area contributed by atoms with Crippen LogP contribution in [-0.4, -0.2) is 29.3 Å². The number of nitrogens with zero attached hydrogens (tertiary/aromatic N) is 2. The van der Waals surface area contributed by atoms with Gasteiger partial charge in [-0.15, -0.1) is 0 Å². The molecule has 2 aromatic carbocycles. The highest BCUT2D eigenvalue weighted by Gasteiger charge is 2.19. The summed E-state index contributed by atoms with van der Waals surface area (Å²) in [6.45, 7) is 4.56. The van der Waals surface area contributed by atoms with Crippen molar-refractivity contribution in [2.24, 2.45) is 0 Å². The van der Waals surface area contributed by atoms with Crippen LogP contribution < -0.4 is 10.2 Å². The fraction of sp³-hybridized carbons (Fsp3) is 0.238. The minimum atomic E-state index is -0.790. The molecule has 0 aliphatic carbocycles. The van der Waals surface area contributed by atoms with Crippen molar-refractivity contribution in [2.75, 3.05) is 18.9 Å². The summed E-state index contributed by atoms with van der Waals surface area (Å²) in [6, 6.07) is 13.3. The lowest BCUT2D eigenvalue weighted by Gasteiger charge is -2.15. The predicted molar refractivity (Wildman–Crippen MR) is 103 cm³/mol. The Labute approximate surface area is 162 Å². The van der Waals surface area contributed by atoms with Crippen LogP contribution in [0.1, 0.15) is 17.0 Å². The van der Waals surface area contributed by atoms with Gasteiger partial charge in [-0.2, -0.15) is 5.10 Å². The molecule has 2 N–H and O–H groups in total. The molecule has 1 amide bonds. The standard InChI is InChI=1S/C21H22F2N4O/c1-14-17(15(2)27(25-14)16-8-5-4-6-9-16)12-26(3)13-20(28)24-21-18(22)10-7-11-19(21)23/h4-11H,12-13H2,1-3H3,(H,24,28)/p+1. The van der Waals surface area contributed by atoms with Crippen LogP contribution in [0.25, 0.3) is 5.69 Å². The number of quaternary nitrogens is 1. The van der Waals surface area contributed by atoms with Crippen molar-refractivity contribution in [1.29, 1.82) is 0 Å². The number of benzene rings is 2. The van der Waals surface area contributed by atoms with Crippen LogP contribution in [0.3, 0.4) is 0 Å². The van der Waals surface area contributed by atoms with E-state index in [1.165, 1.54) is 6.07 Å². The van der Waals surface area contributed by atoms with E-state index >= 15 is 0 Å². The molecule has 0 radical (unpaired) electrons. The Morgan fingerprint density at radius 2 is 1.71 bits per heavy atom. The van der Waals surface area contributed by atoms with E-state index in [1.54, 1.807) is 0 Å². The first-order valence-electron chi connectivity index (χ1n) is 9.02. The number of aryl methyl sites for hydroxylation is 1. The molecule has 0 aliphatic rings. The minimum absolute atomic E-state index is 0.0726. The zero-order valence-electron chi connectivity index (χ0n) is 16.1. The zero-order valence-corrected chi connectivity index (χ0v) is 16.1. The van der Waals surface area contributed by atoms with E-state index in [0.29, 0.717) is 6.54 Å². The number of para-hydroxylation sites is 2. The molecule has 0 spiro atoms. The van der Waals surface area contributed by atoms with Gasteiger partial charge < -0.3 is 10.2 Å². The van der Waals surface area contributed by atoms with Gasteiger partial charge >= 0.3 is 0 Å². The molecule has 0 saturated carbocycles. The number of rotatable bonds is 6. The lowest BCUT2D eigenvalue weighted by atomic mass is 10.2. The van der Waals surface area contributed by atoms with Gasteiger partial charge in [0.1, 0.15) is 23.9 Å². The molecule has 0 saturated heterocycles. The SMILES string of the molecule is Cc1nn(-c2ccccc2)c(C)c1C[NH+](C)CC(=O)Nc1c(F)cccc1F. The fourth-order valence-corrected chi connectivity index (χ4v) is 3.19. The number of anilines is 1. The average Bonchev–Trinajstić information content (AvgIpc) is 2.94. The Morgan fingerprint density at radius 1 is 1.07 bits per heavy atom. The molecule has 1 unspecified atom stereocenters. The molecular formula is C21H23F2N4O+. The van der Waals surface area contributed by atoms with Gasteiger partial charge in [-0.3, -0.25) is 4.79 Å². The molecule has 7 heteroatoms. The van der Waals surface area contributed by atoms with Crippen molar-refractivity contribution in [3.8, 4) is 5.69 Å². The summed E-state index contributed by atoms with van der Waals surface area (Å²) in [7, 11) is 1.86. The molecule has 1 heterocycles. The summed E-state index contributed by atoms with van der Waals surface area (Å²) in [5, 5.41) is 6.93. The van der Waals surface area contributed by atoms with Gasteiger partial charge in [-0.25, -0.2) is 13.5 Å². The number of carbonyl (C=O) groups excluding carboxylic acids is 1. The molecule has 146 valence electrons. The number of amides is 1. The van der Waals surface area contributed by atoms with Gasteiger partial charge in [0.05, 0.1) is 29.7 Å². The van der Waals surface area contributed by atoms with Crippen LogP contribution in [0.2, 0.25) is 0 Å². The van der Waals surface area contributed by atoms with Gasteiger partial charge in [0.15, 0.2) is 6.54 Å². The van der Waals surface area contributed by atoms with Crippen LogP contribution in [-0.2, 0) is 11.3 Å². The first-order valence-corrected chi connectivity index (χ1v) is 9.02. The summed E-state index contributed by atoms with van der Waals surface area (Å²) >= 11 is 0. The fourth-order valence-electron chi connectivity index (χ4n) is 3.19. The Balaban J connectivity index is 1.69. The van der Waals surface area contributed by atoms with E-state index in [2.05, 4.69) is 10.4 Å². The third-order valence-electron chi connectivity index (χ3n) is 4.61. The van der Waals surface area contributed by atoms with Gasteiger partial charge in [-0.1, -0.05) is 24.3 Å². The Hall–Kier alpha value is -3.06. The second-order valence-electron chi connectivity index (χ2n) is 6.85. The highest BCUT2D eigenvalue weighted by molar-refractivity contribution is 5.91. The summed E-state index contributed by atoms with van der Waals surface area (Å²) < 4.78 is 29.3. The first kappa shape index (κ1) is 19.7. The monoisotopic (exact) mass is 385 g/mol. The summed E-state index contributed by atoms with van der Waals surface area (Å²) in [5.41, 5.74) is 3.50. The van der Waals surface area contributed by atoms with E-state index in [4.69, 9.17) is 0 Å². The van der Waals surface area contributed by atoms with E-state index in [0.717, 1.165) is 39.7 Å². The van der Waals surface area contributed by atoms with Crippen LogP contribution in [0.4, 0.5) is 14.5 Å². The summed E-state index contributed by atoms with van der Waals surface area (Å²) in [5.74, 6) is -2.03. The predicted octanol–water partition coefficient (Wildman–Crippen LogP) is 2.42. The molecule has 0 fully saturated rings. The molecule has 1 atom stereocenters. The van der Waals surface area contributed by atoms with Crippen molar-refractivity contribution >= 4 is 11.6 Å². The van der Waals surface area contributed by atoms with E-state index < -0.39 is 23.2 Å². The van der Waals surface area contributed by atoms with Crippen molar-refractivity contribution in [3.63, 3.8) is 0 Å². The van der Waals surface area contributed by atoms with Gasteiger partial charge in [0.25, 0.3) is 5.91 Å². The molecule has 3 aromatic rings. The van der Waals surface area contributed by atoms with Crippen LogP contribution in [0, 0.1) is 25.5 Å². The number of hydrogen-bond acceptors (Lipinski definition) is 2. The smallest absolute Gasteiger partial charge is 0.279 e. The first-order chi connectivity index (χ1) is 13.4. The lowest BCUT2D eigenvalue weighted by molar-refractivity contribution is -0.885. The number of aromatic nitrogens is 2. The number of hydrogen-bond donors (Lipinski definition) is 2. The molecule has 28 heavy (non-hydrogen) atoms. The van der Waals surface area contributed by atoms with Crippen molar-refractivity contribution in [1.82, 2.24) is 9.78 Å². The van der Waals surface area contributed by atoms with Gasteiger partial charge in [0.2, 0.25) is 0 Å². The third-order valence-corrected chi connectivity index (χ3v) is 4.61. The number of carbonyl (C=O) groups is 1. The Morgan fingerprint density at radius 3 is 2.36 bits per heavy atom. The molecule has 5 nitrogen and oxygen atoms in total. The quantitative estimate of drug-likeness (QED) is 0.685. The summed E-state index contributed by atoms with van der Waals surface area (Å²) in [6.07, 6.45) is 0. The molecular weight excluding hydrogens is 362 g/mol. The van der Waals surface area contributed by atoms with Gasteiger partial charge in [-0.05, 0) is 38.1 Å². The maximum Gasteiger partial charge on any atom is 0.279 e. The highest BCUT2D eigenvalue weighted by Crippen LogP contribution is 2.18. The second kappa shape index (κ2) is 8.31. The maximum absolute atomic E-state index is 13.7. The Bertz CT molecular complexity index is 965. The Kier molecular flexibility index (Phi) is 5.84. The van der Waals surface area contributed by atoms with Crippen LogP contribution >= 0.6 is 0 Å². The van der Waals surface area contributed by atoms with E-state index in [1.807, 2.05) is 55.9 Å². The minimum Gasteiger partial charge on any atom is -0.326 e.